The third-order valence-corrected chi connectivity index (χ3v) is 4.22. The lowest BCUT2D eigenvalue weighted by Crippen LogP contribution is -2.35. The summed E-state index contributed by atoms with van der Waals surface area (Å²) in [6.07, 6.45) is -1.07. The Bertz CT molecular complexity index is 886. The number of carbonyl (C=O) groups excluding carboxylic acids is 2. The van der Waals surface area contributed by atoms with Gasteiger partial charge in [-0.1, -0.05) is 36.4 Å². The highest BCUT2D eigenvalue weighted by Gasteiger charge is 2.38. The molecule has 1 unspecified atom stereocenters. The lowest BCUT2D eigenvalue weighted by Gasteiger charge is -2.20. The fourth-order valence-electron chi connectivity index (χ4n) is 3.08. The average Bonchev–Trinajstić information content (AvgIpc) is 2.94. The predicted octanol–water partition coefficient (Wildman–Crippen LogP) is 2.67. The van der Waals surface area contributed by atoms with Crippen molar-refractivity contribution in [3.05, 3.63) is 65.2 Å². The molecule has 6 nitrogen and oxygen atoms in total. The van der Waals surface area contributed by atoms with E-state index < -0.39 is 18.1 Å². The van der Waals surface area contributed by atoms with Crippen LogP contribution in [0.5, 0.6) is 0 Å². The Morgan fingerprint density at radius 1 is 1.04 bits per heavy atom. The molecule has 0 fully saturated rings. The number of nitrogens with zero attached hydrogens (tertiary/aromatic N) is 1. The predicted molar refractivity (Wildman–Crippen MR) is 97.2 cm³/mol. The Kier molecular flexibility index (Phi) is 4.77. The lowest BCUT2D eigenvalue weighted by molar-refractivity contribution is -0.114. The summed E-state index contributed by atoms with van der Waals surface area (Å²) in [5.41, 5.74) is 2.40. The first-order chi connectivity index (χ1) is 12.5. The Labute approximate surface area is 151 Å². The van der Waals surface area contributed by atoms with Gasteiger partial charge in [-0.2, -0.15) is 0 Å². The van der Waals surface area contributed by atoms with Gasteiger partial charge in [0.1, 0.15) is 12.0 Å². The third kappa shape index (κ3) is 2.84. The standard InChI is InChI=1S/C20H19NO5/c1-12(22)21-16-11-14(20(24)26-3)9-10-15(16)17(19(21)23)18(25-2)13-7-5-4-6-8-13/h4-12,22H,1-3H3/b18-17+. The molecule has 0 saturated heterocycles. The minimum absolute atomic E-state index is 0.296. The van der Waals surface area contributed by atoms with Crippen molar-refractivity contribution in [1.82, 2.24) is 0 Å². The highest BCUT2D eigenvalue weighted by Crippen LogP contribution is 2.42. The third-order valence-electron chi connectivity index (χ3n) is 4.22. The Balaban J connectivity index is 2.26. The molecule has 0 saturated carbocycles. The minimum Gasteiger partial charge on any atom is -0.495 e. The van der Waals surface area contributed by atoms with Gasteiger partial charge in [-0.3, -0.25) is 9.69 Å². The van der Waals surface area contributed by atoms with Crippen LogP contribution in [0.4, 0.5) is 5.69 Å². The molecule has 1 atom stereocenters. The molecule has 3 rings (SSSR count). The van der Waals surface area contributed by atoms with Crippen LogP contribution in [-0.2, 0) is 14.3 Å². The number of amides is 1. The van der Waals surface area contributed by atoms with Gasteiger partial charge in [0.2, 0.25) is 0 Å². The number of fused-ring (bicyclic) bond motifs is 1. The number of hydrogen-bond acceptors (Lipinski definition) is 5. The average molecular weight is 353 g/mol. The van der Waals surface area contributed by atoms with E-state index >= 15 is 0 Å². The molecule has 26 heavy (non-hydrogen) atoms. The second-order valence-corrected chi connectivity index (χ2v) is 5.80. The lowest BCUT2D eigenvalue weighted by atomic mass is 10.0. The summed E-state index contributed by atoms with van der Waals surface area (Å²) in [6.45, 7) is 1.49. The zero-order valence-electron chi connectivity index (χ0n) is 14.7. The molecule has 1 N–H and O–H groups in total. The minimum atomic E-state index is -1.07. The molecule has 2 aromatic rings. The van der Waals surface area contributed by atoms with E-state index in [1.165, 1.54) is 32.1 Å². The number of hydrogen-bond donors (Lipinski definition) is 1. The summed E-state index contributed by atoms with van der Waals surface area (Å²) in [5.74, 6) is -0.498. The van der Waals surface area contributed by atoms with Crippen LogP contribution in [0.3, 0.4) is 0 Å². The van der Waals surface area contributed by atoms with Crippen molar-refractivity contribution in [1.29, 1.82) is 0 Å². The van der Waals surface area contributed by atoms with Crippen LogP contribution in [-0.4, -0.2) is 37.4 Å². The Morgan fingerprint density at radius 2 is 1.73 bits per heavy atom. The molecule has 0 radical (unpaired) electrons. The summed E-state index contributed by atoms with van der Waals surface area (Å²) in [7, 11) is 2.78. The maximum atomic E-state index is 13.0. The molecule has 134 valence electrons. The zero-order valence-corrected chi connectivity index (χ0v) is 14.7. The van der Waals surface area contributed by atoms with Crippen molar-refractivity contribution in [2.75, 3.05) is 19.1 Å². The molecule has 0 aliphatic carbocycles. The van der Waals surface area contributed by atoms with Gasteiger partial charge in [-0.15, -0.1) is 0 Å². The summed E-state index contributed by atoms with van der Waals surface area (Å²) in [4.78, 5) is 26.1. The smallest absolute Gasteiger partial charge is 0.337 e. The number of aliphatic hydroxyl groups excluding tert-OH is 1. The molecule has 1 amide bonds. The number of rotatable bonds is 4. The maximum absolute atomic E-state index is 13.0. The van der Waals surface area contributed by atoms with E-state index in [1.807, 2.05) is 30.3 Å². The zero-order chi connectivity index (χ0) is 18.8. The molecule has 0 spiro atoms. The van der Waals surface area contributed by atoms with E-state index in [9.17, 15) is 14.7 Å². The second kappa shape index (κ2) is 7.01. The summed E-state index contributed by atoms with van der Waals surface area (Å²) in [5, 5.41) is 10.1. The number of aliphatic hydroxyl groups is 1. The van der Waals surface area contributed by atoms with E-state index in [4.69, 9.17) is 9.47 Å². The summed E-state index contributed by atoms with van der Waals surface area (Å²) in [6, 6.07) is 14.0. The SMILES string of the molecule is COC(=O)c1ccc2c(c1)N(C(C)O)C(=O)/C2=C(/OC)c1ccccc1. The van der Waals surface area contributed by atoms with Crippen LogP contribution in [0.2, 0.25) is 0 Å². The maximum Gasteiger partial charge on any atom is 0.337 e. The topological polar surface area (TPSA) is 76.1 Å². The van der Waals surface area contributed by atoms with Crippen molar-refractivity contribution < 1.29 is 24.2 Å². The van der Waals surface area contributed by atoms with E-state index in [2.05, 4.69) is 0 Å². The van der Waals surface area contributed by atoms with Gasteiger partial charge in [0, 0.05) is 11.1 Å². The molecular formula is C20H19NO5. The Hall–Kier alpha value is -3.12. The first kappa shape index (κ1) is 17.7. The van der Waals surface area contributed by atoms with E-state index in [0.29, 0.717) is 28.1 Å². The molecule has 2 aromatic carbocycles. The highest BCUT2D eigenvalue weighted by molar-refractivity contribution is 6.37. The van der Waals surface area contributed by atoms with Gasteiger partial charge in [0.05, 0.1) is 31.0 Å². The molecule has 0 aromatic heterocycles. The molecule has 0 bridgehead atoms. The largest absolute Gasteiger partial charge is 0.495 e. The summed E-state index contributed by atoms with van der Waals surface area (Å²) < 4.78 is 10.3. The van der Waals surface area contributed by atoms with Crippen molar-refractivity contribution >= 4 is 28.9 Å². The number of anilines is 1. The van der Waals surface area contributed by atoms with Gasteiger partial charge in [0.25, 0.3) is 5.91 Å². The number of methoxy groups -OCH3 is 2. The molecule has 1 heterocycles. The number of ether oxygens (including phenoxy) is 2. The van der Waals surface area contributed by atoms with Crippen molar-refractivity contribution in [2.24, 2.45) is 0 Å². The van der Waals surface area contributed by atoms with Crippen LogP contribution < -0.4 is 4.90 Å². The van der Waals surface area contributed by atoms with Gasteiger partial charge >= 0.3 is 5.97 Å². The molecular weight excluding hydrogens is 334 g/mol. The van der Waals surface area contributed by atoms with Gasteiger partial charge in [-0.25, -0.2) is 4.79 Å². The van der Waals surface area contributed by atoms with Crippen molar-refractivity contribution in [2.45, 2.75) is 13.2 Å². The van der Waals surface area contributed by atoms with E-state index in [0.717, 1.165) is 5.56 Å². The molecule has 1 aliphatic rings. The Morgan fingerprint density at radius 3 is 2.31 bits per heavy atom. The fraction of sp³-hybridized carbons (Fsp3) is 0.200. The van der Waals surface area contributed by atoms with Crippen LogP contribution in [0.25, 0.3) is 11.3 Å². The first-order valence-electron chi connectivity index (χ1n) is 8.07. The first-order valence-corrected chi connectivity index (χ1v) is 8.07. The van der Waals surface area contributed by atoms with Crippen LogP contribution >= 0.6 is 0 Å². The summed E-state index contributed by atoms with van der Waals surface area (Å²) >= 11 is 0. The normalized spacial score (nSPS) is 16.2. The quantitative estimate of drug-likeness (QED) is 0.520. The van der Waals surface area contributed by atoms with Crippen LogP contribution in [0, 0.1) is 0 Å². The van der Waals surface area contributed by atoms with Crippen LogP contribution in [0.15, 0.2) is 48.5 Å². The van der Waals surface area contributed by atoms with Gasteiger partial charge < -0.3 is 14.6 Å². The van der Waals surface area contributed by atoms with E-state index in [-0.39, 0.29) is 0 Å². The van der Waals surface area contributed by atoms with Gasteiger partial charge in [0.15, 0.2) is 0 Å². The number of esters is 1. The monoisotopic (exact) mass is 353 g/mol. The van der Waals surface area contributed by atoms with Crippen molar-refractivity contribution in [3.63, 3.8) is 0 Å². The number of benzene rings is 2. The molecule has 6 heteroatoms. The highest BCUT2D eigenvalue weighted by atomic mass is 16.5. The fourth-order valence-corrected chi connectivity index (χ4v) is 3.08. The number of carbonyl (C=O) groups is 2. The molecule has 1 aliphatic heterocycles. The second-order valence-electron chi connectivity index (χ2n) is 5.80. The van der Waals surface area contributed by atoms with E-state index in [1.54, 1.807) is 12.1 Å². The van der Waals surface area contributed by atoms with Crippen LogP contribution in [0.1, 0.15) is 28.4 Å². The van der Waals surface area contributed by atoms with Crippen molar-refractivity contribution in [3.8, 4) is 0 Å². The van der Waals surface area contributed by atoms with Gasteiger partial charge in [-0.05, 0) is 19.1 Å².